The summed E-state index contributed by atoms with van der Waals surface area (Å²) in [6, 6.07) is 0. The molecule has 1 nitrogen and oxygen atoms in total. The van der Waals surface area contributed by atoms with Gasteiger partial charge in [0.25, 0.3) is 0 Å². The third kappa shape index (κ3) is 1.90. The van der Waals surface area contributed by atoms with Gasteiger partial charge in [-0.15, -0.1) is 0 Å². The summed E-state index contributed by atoms with van der Waals surface area (Å²) in [7, 11) is 0. The summed E-state index contributed by atoms with van der Waals surface area (Å²) in [5.41, 5.74) is 0.922. The van der Waals surface area contributed by atoms with E-state index in [0.717, 1.165) is 12.5 Å². The molecule has 1 aliphatic rings. The molecular formula is C12H24O. The molecule has 13 heavy (non-hydrogen) atoms. The van der Waals surface area contributed by atoms with Gasteiger partial charge in [-0.05, 0) is 37.5 Å². The maximum atomic E-state index is 5.82. The van der Waals surface area contributed by atoms with Crippen molar-refractivity contribution in [2.75, 3.05) is 6.61 Å². The van der Waals surface area contributed by atoms with Crippen molar-refractivity contribution in [1.29, 1.82) is 0 Å². The lowest BCUT2D eigenvalue weighted by molar-refractivity contribution is -0.0150. The third-order valence-electron chi connectivity index (χ3n) is 4.00. The van der Waals surface area contributed by atoms with Gasteiger partial charge in [0.15, 0.2) is 0 Å². The average Bonchev–Trinajstić information content (AvgIpc) is 2.19. The predicted octanol–water partition coefficient (Wildman–Crippen LogP) is 3.48. The first-order valence-corrected chi connectivity index (χ1v) is 5.23. The van der Waals surface area contributed by atoms with Crippen LogP contribution in [-0.4, -0.2) is 12.2 Å². The second kappa shape index (κ2) is 2.73. The van der Waals surface area contributed by atoms with E-state index in [9.17, 15) is 0 Å². The molecule has 0 radical (unpaired) electrons. The van der Waals surface area contributed by atoms with Crippen LogP contribution in [0.25, 0.3) is 0 Å². The smallest absolute Gasteiger partial charge is 0.0598 e. The quantitative estimate of drug-likeness (QED) is 0.638. The standard InChI is InChI=1S/C12H24O/c1-10(2,3)13-8-9-11(4,5)12(9,6)7/h9H,8H2,1-7H3. The SMILES string of the molecule is CC(C)(C)OCC1C(C)(C)C1(C)C. The molecule has 0 aromatic carbocycles. The first-order chi connectivity index (χ1) is 5.59. The predicted molar refractivity (Wildman–Crippen MR) is 56.8 cm³/mol. The summed E-state index contributed by atoms with van der Waals surface area (Å²) in [6.45, 7) is 16.6. The van der Waals surface area contributed by atoms with Crippen molar-refractivity contribution in [3.63, 3.8) is 0 Å². The normalized spacial score (nSPS) is 26.1. The Hall–Kier alpha value is -0.0400. The zero-order chi connectivity index (χ0) is 10.5. The molecule has 0 aliphatic heterocycles. The van der Waals surface area contributed by atoms with Crippen LogP contribution in [0, 0.1) is 16.7 Å². The Morgan fingerprint density at radius 1 is 1.00 bits per heavy atom. The Kier molecular flexibility index (Phi) is 2.31. The summed E-state index contributed by atoms with van der Waals surface area (Å²) in [5.74, 6) is 0.722. The van der Waals surface area contributed by atoms with Crippen LogP contribution in [0.4, 0.5) is 0 Å². The molecule has 0 heterocycles. The summed E-state index contributed by atoms with van der Waals surface area (Å²) in [6.07, 6.45) is 0. The highest BCUT2D eigenvalue weighted by Crippen LogP contribution is 2.68. The van der Waals surface area contributed by atoms with E-state index in [1.54, 1.807) is 0 Å². The minimum Gasteiger partial charge on any atom is -0.376 e. The second-order valence-electron chi connectivity index (χ2n) is 6.42. The molecule has 1 aliphatic carbocycles. The minimum absolute atomic E-state index is 0.00868. The third-order valence-corrected chi connectivity index (χ3v) is 4.00. The van der Waals surface area contributed by atoms with E-state index in [1.807, 2.05) is 0 Å². The maximum Gasteiger partial charge on any atom is 0.0598 e. The van der Waals surface area contributed by atoms with Gasteiger partial charge in [-0.3, -0.25) is 0 Å². The molecule has 0 spiro atoms. The highest BCUT2D eigenvalue weighted by molar-refractivity contribution is 5.12. The fourth-order valence-electron chi connectivity index (χ4n) is 2.08. The van der Waals surface area contributed by atoms with Crippen LogP contribution < -0.4 is 0 Å². The average molecular weight is 184 g/mol. The Balaban J connectivity index is 2.43. The first-order valence-electron chi connectivity index (χ1n) is 5.23. The van der Waals surface area contributed by atoms with Gasteiger partial charge in [0, 0.05) is 0 Å². The zero-order valence-corrected chi connectivity index (χ0v) is 10.2. The molecule has 1 rings (SSSR count). The highest BCUT2D eigenvalue weighted by Gasteiger charge is 2.64. The van der Waals surface area contributed by atoms with Gasteiger partial charge >= 0.3 is 0 Å². The van der Waals surface area contributed by atoms with Crippen molar-refractivity contribution in [3.05, 3.63) is 0 Å². The van der Waals surface area contributed by atoms with E-state index < -0.39 is 0 Å². The van der Waals surface area contributed by atoms with Crippen LogP contribution in [0.2, 0.25) is 0 Å². The van der Waals surface area contributed by atoms with E-state index in [1.165, 1.54) is 0 Å². The van der Waals surface area contributed by atoms with E-state index in [-0.39, 0.29) is 5.60 Å². The van der Waals surface area contributed by atoms with Crippen LogP contribution in [0.3, 0.4) is 0 Å². The van der Waals surface area contributed by atoms with Crippen LogP contribution in [-0.2, 0) is 4.74 Å². The summed E-state index contributed by atoms with van der Waals surface area (Å²) in [4.78, 5) is 0. The molecule has 1 fully saturated rings. The van der Waals surface area contributed by atoms with E-state index in [0.29, 0.717) is 10.8 Å². The molecule has 0 unspecified atom stereocenters. The second-order valence-corrected chi connectivity index (χ2v) is 6.42. The van der Waals surface area contributed by atoms with Crippen molar-refractivity contribution in [2.24, 2.45) is 16.7 Å². The van der Waals surface area contributed by atoms with Gasteiger partial charge in [-0.25, -0.2) is 0 Å². The molecule has 0 saturated heterocycles. The molecule has 0 aromatic rings. The van der Waals surface area contributed by atoms with E-state index >= 15 is 0 Å². The molecule has 1 saturated carbocycles. The van der Waals surface area contributed by atoms with Crippen LogP contribution in [0.5, 0.6) is 0 Å². The highest BCUT2D eigenvalue weighted by atomic mass is 16.5. The van der Waals surface area contributed by atoms with E-state index in [4.69, 9.17) is 4.74 Å². The monoisotopic (exact) mass is 184 g/mol. The number of hydrogen-bond acceptors (Lipinski definition) is 1. The zero-order valence-electron chi connectivity index (χ0n) is 10.2. The largest absolute Gasteiger partial charge is 0.376 e. The van der Waals surface area contributed by atoms with Crippen LogP contribution in [0.1, 0.15) is 48.5 Å². The summed E-state index contributed by atoms with van der Waals surface area (Å²) >= 11 is 0. The van der Waals surface area contributed by atoms with Crippen LogP contribution >= 0.6 is 0 Å². The molecule has 0 atom stereocenters. The Morgan fingerprint density at radius 3 is 1.62 bits per heavy atom. The van der Waals surface area contributed by atoms with E-state index in [2.05, 4.69) is 48.5 Å². The minimum atomic E-state index is 0.00868. The topological polar surface area (TPSA) is 9.23 Å². The number of ether oxygens (including phenoxy) is 1. The summed E-state index contributed by atoms with van der Waals surface area (Å²) < 4.78 is 5.82. The molecule has 0 N–H and O–H groups in total. The molecule has 0 bridgehead atoms. The lowest BCUT2D eigenvalue weighted by atomic mass is 10.0. The maximum absolute atomic E-state index is 5.82. The fourth-order valence-corrected chi connectivity index (χ4v) is 2.08. The lowest BCUT2D eigenvalue weighted by Crippen LogP contribution is -2.21. The molecule has 1 heteroatoms. The molecule has 78 valence electrons. The number of rotatable bonds is 2. The molecule has 0 amide bonds. The molecular weight excluding hydrogens is 160 g/mol. The fraction of sp³-hybridized carbons (Fsp3) is 1.00. The van der Waals surface area contributed by atoms with Crippen molar-refractivity contribution in [2.45, 2.75) is 54.1 Å². The van der Waals surface area contributed by atoms with Crippen molar-refractivity contribution in [1.82, 2.24) is 0 Å². The van der Waals surface area contributed by atoms with Gasteiger partial charge in [-0.2, -0.15) is 0 Å². The van der Waals surface area contributed by atoms with Gasteiger partial charge in [0.2, 0.25) is 0 Å². The van der Waals surface area contributed by atoms with Gasteiger partial charge < -0.3 is 4.74 Å². The van der Waals surface area contributed by atoms with Gasteiger partial charge in [0.1, 0.15) is 0 Å². The Labute approximate surface area is 82.9 Å². The lowest BCUT2D eigenvalue weighted by Gasteiger charge is -2.20. The van der Waals surface area contributed by atoms with Crippen molar-refractivity contribution in [3.8, 4) is 0 Å². The molecule has 0 aromatic heterocycles. The van der Waals surface area contributed by atoms with Crippen LogP contribution in [0.15, 0.2) is 0 Å². The number of hydrogen-bond donors (Lipinski definition) is 0. The van der Waals surface area contributed by atoms with Gasteiger partial charge in [0.05, 0.1) is 12.2 Å². The van der Waals surface area contributed by atoms with Gasteiger partial charge in [-0.1, -0.05) is 27.7 Å². The first kappa shape index (κ1) is 11.0. The Morgan fingerprint density at radius 2 is 1.38 bits per heavy atom. The summed E-state index contributed by atoms with van der Waals surface area (Å²) in [5, 5.41) is 0. The van der Waals surface area contributed by atoms with Crippen molar-refractivity contribution < 1.29 is 4.74 Å². The van der Waals surface area contributed by atoms with Crippen molar-refractivity contribution >= 4 is 0 Å². The Bertz CT molecular complexity index is 182.